The minimum atomic E-state index is -0.565. The van der Waals surface area contributed by atoms with Gasteiger partial charge in [-0.05, 0) is 68.7 Å². The van der Waals surface area contributed by atoms with Crippen LogP contribution in [0.5, 0.6) is 5.75 Å². The fourth-order valence-electron chi connectivity index (χ4n) is 3.01. The minimum absolute atomic E-state index is 0. The van der Waals surface area contributed by atoms with Gasteiger partial charge in [-0.1, -0.05) is 36.4 Å². The van der Waals surface area contributed by atoms with Crippen LogP contribution in [0.1, 0.15) is 43.7 Å². The molecule has 0 aliphatic heterocycles. The molecule has 0 saturated carbocycles. The average molecular weight is 468 g/mol. The summed E-state index contributed by atoms with van der Waals surface area (Å²) >= 11 is 0. The Morgan fingerprint density at radius 1 is 0.970 bits per heavy atom. The summed E-state index contributed by atoms with van der Waals surface area (Å²) < 4.78 is 10.9. The van der Waals surface area contributed by atoms with Crippen molar-refractivity contribution in [1.29, 1.82) is 0 Å². The number of aromatic nitrogens is 1. The predicted molar refractivity (Wildman–Crippen MR) is 133 cm³/mol. The molecule has 0 spiro atoms. The average Bonchev–Trinajstić information content (AvgIpc) is 2.77. The van der Waals surface area contributed by atoms with Gasteiger partial charge in [-0.2, -0.15) is 0 Å². The first-order valence-electron chi connectivity index (χ1n) is 10.5. The van der Waals surface area contributed by atoms with Crippen LogP contribution in [0.3, 0.4) is 0 Å². The Kier molecular flexibility index (Phi) is 9.63. The molecule has 2 aromatic carbocycles. The Labute approximate surface area is 203 Å². The van der Waals surface area contributed by atoms with E-state index in [1.165, 1.54) is 0 Å². The van der Waals surface area contributed by atoms with Gasteiger partial charge in [-0.25, -0.2) is 9.59 Å². The minimum Gasteiger partial charge on any atom is -0.456 e. The van der Waals surface area contributed by atoms with Crippen LogP contribution in [0.4, 0.5) is 0 Å². The molecule has 1 atom stereocenters. The van der Waals surface area contributed by atoms with Gasteiger partial charge in [-0.15, -0.1) is 13.5 Å². The van der Waals surface area contributed by atoms with E-state index in [1.807, 2.05) is 63.2 Å². The predicted octanol–water partition coefficient (Wildman–Crippen LogP) is 4.97. The number of hydrogen-bond acceptors (Lipinski definition) is 6. The Bertz CT molecular complexity index is 1030. The van der Waals surface area contributed by atoms with Gasteiger partial charge in [0.1, 0.15) is 17.4 Å². The summed E-state index contributed by atoms with van der Waals surface area (Å²) in [6.07, 6.45) is 3.87. The highest BCUT2D eigenvalue weighted by Crippen LogP contribution is 2.14. The highest BCUT2D eigenvalue weighted by atomic mass is 32.1. The van der Waals surface area contributed by atoms with Gasteiger partial charge in [0.05, 0.1) is 5.56 Å². The van der Waals surface area contributed by atoms with Crippen molar-refractivity contribution in [2.75, 3.05) is 0 Å². The summed E-state index contributed by atoms with van der Waals surface area (Å²) in [6, 6.07) is 19.3. The lowest BCUT2D eigenvalue weighted by Gasteiger charge is -2.20. The van der Waals surface area contributed by atoms with Gasteiger partial charge in [0.25, 0.3) is 0 Å². The number of benzene rings is 2. The van der Waals surface area contributed by atoms with Crippen LogP contribution in [0.15, 0.2) is 79.1 Å². The second kappa shape index (κ2) is 12.2. The fourth-order valence-corrected chi connectivity index (χ4v) is 3.01. The third-order valence-corrected chi connectivity index (χ3v) is 4.55. The van der Waals surface area contributed by atoms with Gasteiger partial charge in [0.15, 0.2) is 0 Å². The lowest BCUT2D eigenvalue weighted by molar-refractivity contribution is -0.136. The fraction of sp³-hybridized carbons (Fsp3) is 0.269. The van der Waals surface area contributed by atoms with E-state index in [9.17, 15) is 9.59 Å². The van der Waals surface area contributed by atoms with Crippen LogP contribution in [-0.4, -0.2) is 28.6 Å². The second-order valence-corrected chi connectivity index (χ2v) is 8.43. The molecule has 3 rings (SSSR count). The zero-order valence-electron chi connectivity index (χ0n) is 19.0. The van der Waals surface area contributed by atoms with Crippen molar-refractivity contribution in [3.8, 4) is 5.75 Å². The van der Waals surface area contributed by atoms with Crippen molar-refractivity contribution >= 4 is 25.4 Å². The van der Waals surface area contributed by atoms with Crippen LogP contribution in [0.2, 0.25) is 0 Å². The van der Waals surface area contributed by atoms with E-state index in [4.69, 9.17) is 9.47 Å². The van der Waals surface area contributed by atoms with E-state index in [2.05, 4.69) is 10.3 Å². The summed E-state index contributed by atoms with van der Waals surface area (Å²) in [5, 5.41) is 3.27. The number of carbonyl (C=O) groups is 2. The standard InChI is InChI=1S/C26H28N2O4.HS.H2/c1-26(2,3)32-24(29)21-13-11-19(12-14-21)18-28-23(16-20-8-7-15-27-17-20)25(30)31-22-9-5-4-6-10-22;;/h4-15,17,23,28H,16,18H2,1-3H3;2*1H/t23-;;/m1../s1. The molecule has 1 N–H and O–H groups in total. The third kappa shape index (κ3) is 8.71. The molecule has 0 fully saturated rings. The lowest BCUT2D eigenvalue weighted by atomic mass is 10.1. The van der Waals surface area contributed by atoms with Crippen molar-refractivity contribution in [3.63, 3.8) is 0 Å². The highest BCUT2D eigenvalue weighted by Gasteiger charge is 2.22. The monoisotopic (exact) mass is 467 g/mol. The molecule has 1 aromatic heterocycles. The molecule has 0 amide bonds. The Morgan fingerprint density at radius 2 is 1.67 bits per heavy atom. The zero-order valence-corrected chi connectivity index (χ0v) is 19.9. The van der Waals surface area contributed by atoms with E-state index in [0.29, 0.717) is 24.3 Å². The van der Waals surface area contributed by atoms with Gasteiger partial charge in [0.2, 0.25) is 0 Å². The number of rotatable bonds is 8. The number of nitrogens with one attached hydrogen (secondary N) is 1. The molecule has 0 unspecified atom stereocenters. The number of esters is 2. The largest absolute Gasteiger partial charge is 0.456 e. The first-order chi connectivity index (χ1) is 15.3. The molecular formula is C26H31N2O4S. The summed E-state index contributed by atoms with van der Waals surface area (Å²) in [4.78, 5) is 29.2. The normalized spacial score (nSPS) is 11.7. The number of para-hydroxylation sites is 1. The van der Waals surface area contributed by atoms with Crippen molar-refractivity contribution < 1.29 is 20.5 Å². The summed E-state index contributed by atoms with van der Waals surface area (Å²) in [5.41, 5.74) is 1.80. The maximum absolute atomic E-state index is 12.8. The van der Waals surface area contributed by atoms with E-state index in [0.717, 1.165) is 11.1 Å². The van der Waals surface area contributed by atoms with E-state index < -0.39 is 11.6 Å². The molecule has 1 heterocycles. The van der Waals surface area contributed by atoms with Crippen LogP contribution >= 0.6 is 13.5 Å². The maximum Gasteiger partial charge on any atom is 0.338 e. The van der Waals surface area contributed by atoms with Gasteiger partial charge < -0.3 is 14.8 Å². The van der Waals surface area contributed by atoms with Crippen molar-refractivity contribution in [1.82, 2.24) is 10.3 Å². The van der Waals surface area contributed by atoms with Gasteiger partial charge in [0, 0.05) is 20.4 Å². The molecule has 7 heteroatoms. The molecule has 3 aromatic rings. The molecule has 0 aliphatic rings. The SMILES string of the molecule is CC(C)(C)OC(=O)c1ccc(CN[C@H](Cc2cccnc2)C(=O)Oc2ccccc2)cc1.[HH].[SH]. The smallest absolute Gasteiger partial charge is 0.338 e. The Hall–Kier alpha value is -3.16. The molecule has 0 saturated heterocycles. The van der Waals surface area contributed by atoms with Crippen LogP contribution in [-0.2, 0) is 22.5 Å². The third-order valence-electron chi connectivity index (χ3n) is 4.55. The summed E-state index contributed by atoms with van der Waals surface area (Å²) in [7, 11) is 0. The first-order valence-corrected chi connectivity index (χ1v) is 10.5. The molecular weight excluding hydrogens is 436 g/mol. The number of hydrogen-bond donors (Lipinski definition) is 2. The van der Waals surface area contributed by atoms with Crippen molar-refractivity contribution in [2.45, 2.75) is 45.4 Å². The molecule has 175 valence electrons. The summed E-state index contributed by atoms with van der Waals surface area (Å²) in [6.45, 7) is 5.93. The molecule has 1 radical (unpaired) electrons. The number of ether oxygens (including phenoxy) is 2. The van der Waals surface area contributed by atoms with Crippen molar-refractivity contribution in [2.24, 2.45) is 0 Å². The molecule has 0 bridgehead atoms. The quantitative estimate of drug-likeness (QED) is 0.277. The van der Waals surface area contributed by atoms with E-state index in [1.54, 1.807) is 36.7 Å². The van der Waals surface area contributed by atoms with E-state index in [-0.39, 0.29) is 26.9 Å². The number of carbonyl (C=O) groups excluding carboxylic acids is 2. The summed E-state index contributed by atoms with van der Waals surface area (Å²) in [5.74, 6) is -0.236. The van der Waals surface area contributed by atoms with Gasteiger partial charge in [-0.3, -0.25) is 4.98 Å². The zero-order chi connectivity index (χ0) is 23.0. The van der Waals surface area contributed by atoms with Gasteiger partial charge >= 0.3 is 11.9 Å². The van der Waals surface area contributed by atoms with Crippen LogP contribution < -0.4 is 10.1 Å². The number of thiol groups is 1. The van der Waals surface area contributed by atoms with Crippen LogP contribution in [0, 0.1) is 0 Å². The maximum atomic E-state index is 12.8. The highest BCUT2D eigenvalue weighted by molar-refractivity contribution is 7.59. The molecule has 33 heavy (non-hydrogen) atoms. The van der Waals surface area contributed by atoms with Crippen LogP contribution in [0.25, 0.3) is 0 Å². The van der Waals surface area contributed by atoms with E-state index >= 15 is 0 Å². The van der Waals surface area contributed by atoms with Crippen molar-refractivity contribution in [3.05, 3.63) is 95.8 Å². The topological polar surface area (TPSA) is 77.5 Å². The lowest BCUT2D eigenvalue weighted by Crippen LogP contribution is -2.41. The number of nitrogens with zero attached hydrogens (tertiary/aromatic N) is 1. The number of pyridine rings is 1. The Morgan fingerprint density at radius 3 is 2.27 bits per heavy atom. The molecule has 6 nitrogen and oxygen atoms in total. The first kappa shape index (κ1) is 26.1. The molecule has 0 aliphatic carbocycles. The Balaban J connectivity index is 0.00000289. The second-order valence-electron chi connectivity index (χ2n) is 8.43.